The van der Waals surface area contributed by atoms with Crippen molar-refractivity contribution in [1.29, 1.82) is 0 Å². The van der Waals surface area contributed by atoms with Gasteiger partial charge in [0.25, 0.3) is 0 Å². The van der Waals surface area contributed by atoms with Gasteiger partial charge in [-0.2, -0.15) is 0 Å². The van der Waals surface area contributed by atoms with Crippen molar-refractivity contribution in [1.82, 2.24) is 0 Å². The van der Waals surface area contributed by atoms with Crippen molar-refractivity contribution in [3.63, 3.8) is 0 Å². The van der Waals surface area contributed by atoms with Crippen molar-refractivity contribution >= 4 is 19.1 Å². The molecule has 17 heavy (non-hydrogen) atoms. The molecule has 1 rings (SSSR count). The fourth-order valence-electron chi connectivity index (χ4n) is 1.50. The van der Waals surface area contributed by atoms with E-state index in [4.69, 9.17) is 15.0 Å². The molecular weight excluding hydrogens is 219 g/mol. The normalized spacial score (nSPS) is 23.9. The van der Waals surface area contributed by atoms with Gasteiger partial charge in [0, 0.05) is 12.5 Å². The van der Waals surface area contributed by atoms with Crippen LogP contribution in [0.25, 0.3) is 0 Å². The molecule has 0 radical (unpaired) electrons. The summed E-state index contributed by atoms with van der Waals surface area (Å²) in [5, 5.41) is 0. The smallest absolute Gasteiger partial charge is 0.405 e. The molecule has 0 aromatic carbocycles. The molecule has 1 saturated heterocycles. The SMILES string of the molecule is CN=C(C=O)/C(=C\N)B1OC(C)(C)C(C)(C)O1. The third-order valence-corrected chi connectivity index (χ3v) is 3.34. The average Bonchev–Trinajstić information content (AvgIpc) is 2.44. The second-order valence-electron chi connectivity index (χ2n) is 4.94. The average molecular weight is 238 g/mol. The van der Waals surface area contributed by atoms with E-state index in [1.54, 1.807) is 0 Å². The maximum absolute atomic E-state index is 10.9. The zero-order chi connectivity index (χ0) is 13.3. The Balaban J connectivity index is 3.01. The van der Waals surface area contributed by atoms with Crippen molar-refractivity contribution in [3.05, 3.63) is 11.7 Å². The van der Waals surface area contributed by atoms with E-state index in [-0.39, 0.29) is 5.71 Å². The van der Waals surface area contributed by atoms with Gasteiger partial charge in [0.1, 0.15) is 0 Å². The van der Waals surface area contributed by atoms with Gasteiger partial charge in [-0.1, -0.05) is 0 Å². The Morgan fingerprint density at radius 3 is 2.00 bits per heavy atom. The van der Waals surface area contributed by atoms with Crippen molar-refractivity contribution in [2.24, 2.45) is 10.7 Å². The van der Waals surface area contributed by atoms with Crippen LogP contribution >= 0.6 is 0 Å². The Morgan fingerprint density at radius 1 is 1.24 bits per heavy atom. The highest BCUT2D eigenvalue weighted by atomic mass is 16.7. The summed E-state index contributed by atoms with van der Waals surface area (Å²) in [7, 11) is 0.868. The van der Waals surface area contributed by atoms with E-state index in [0.29, 0.717) is 11.8 Å². The van der Waals surface area contributed by atoms with Crippen molar-refractivity contribution in [2.45, 2.75) is 38.9 Å². The number of rotatable bonds is 3. The van der Waals surface area contributed by atoms with E-state index in [9.17, 15) is 4.79 Å². The number of nitrogens with two attached hydrogens (primary N) is 1. The highest BCUT2D eigenvalue weighted by Crippen LogP contribution is 2.38. The van der Waals surface area contributed by atoms with Crippen LogP contribution in [0.1, 0.15) is 27.7 Å². The first-order valence-corrected chi connectivity index (χ1v) is 5.49. The lowest BCUT2D eigenvalue weighted by Gasteiger charge is -2.32. The molecule has 0 spiro atoms. The molecule has 0 amide bonds. The molecule has 1 aliphatic heterocycles. The van der Waals surface area contributed by atoms with Crippen LogP contribution in [0.4, 0.5) is 0 Å². The summed E-state index contributed by atoms with van der Waals surface area (Å²) in [6.07, 6.45) is 1.95. The lowest BCUT2D eigenvalue weighted by Crippen LogP contribution is -2.41. The van der Waals surface area contributed by atoms with Crippen molar-refractivity contribution in [2.75, 3.05) is 7.05 Å². The Morgan fingerprint density at radius 2 is 1.71 bits per heavy atom. The van der Waals surface area contributed by atoms with Crippen molar-refractivity contribution < 1.29 is 14.1 Å². The van der Waals surface area contributed by atoms with Gasteiger partial charge in [-0.05, 0) is 33.9 Å². The van der Waals surface area contributed by atoms with E-state index < -0.39 is 18.3 Å². The topological polar surface area (TPSA) is 73.9 Å². The summed E-state index contributed by atoms with van der Waals surface area (Å²) in [5.41, 5.74) is 5.29. The van der Waals surface area contributed by atoms with E-state index in [1.807, 2.05) is 27.7 Å². The second kappa shape index (κ2) is 4.62. The Kier molecular flexibility index (Phi) is 3.79. The van der Waals surface area contributed by atoms with Crippen LogP contribution in [-0.2, 0) is 14.1 Å². The lowest BCUT2D eigenvalue weighted by atomic mass is 9.76. The maximum Gasteiger partial charge on any atom is 0.498 e. The Bertz CT molecular complexity index is 359. The number of nitrogens with zero attached hydrogens (tertiary/aromatic N) is 1. The predicted molar refractivity (Wildman–Crippen MR) is 67.8 cm³/mol. The van der Waals surface area contributed by atoms with Gasteiger partial charge in [-0.25, -0.2) is 0 Å². The molecule has 94 valence electrons. The van der Waals surface area contributed by atoms with Crippen LogP contribution in [0.3, 0.4) is 0 Å². The predicted octanol–water partition coefficient (Wildman–Crippen LogP) is 0.730. The van der Waals surface area contributed by atoms with Crippen LogP contribution in [0, 0.1) is 0 Å². The molecular formula is C11H19BN2O3. The fraction of sp³-hybridized carbons (Fsp3) is 0.636. The molecule has 0 aliphatic carbocycles. The number of carbonyl (C=O) groups is 1. The molecule has 1 fully saturated rings. The third kappa shape index (κ3) is 2.42. The van der Waals surface area contributed by atoms with Gasteiger partial charge in [0.15, 0.2) is 6.29 Å². The summed E-state index contributed by atoms with van der Waals surface area (Å²) >= 11 is 0. The number of hydrogen-bond acceptors (Lipinski definition) is 5. The quantitative estimate of drug-likeness (QED) is 0.447. The fourth-order valence-corrected chi connectivity index (χ4v) is 1.50. The third-order valence-electron chi connectivity index (χ3n) is 3.34. The minimum absolute atomic E-state index is 0.242. The van der Waals surface area contributed by atoms with Gasteiger partial charge >= 0.3 is 7.12 Å². The van der Waals surface area contributed by atoms with Crippen LogP contribution in [0.2, 0.25) is 0 Å². The van der Waals surface area contributed by atoms with Gasteiger partial charge in [0.05, 0.1) is 16.9 Å². The number of hydrogen-bond donors (Lipinski definition) is 1. The van der Waals surface area contributed by atoms with E-state index in [2.05, 4.69) is 4.99 Å². The second-order valence-corrected chi connectivity index (χ2v) is 4.94. The highest BCUT2D eigenvalue weighted by molar-refractivity contribution is 6.67. The number of carbonyl (C=O) groups excluding carboxylic acids is 1. The zero-order valence-electron chi connectivity index (χ0n) is 11.0. The summed E-state index contributed by atoms with van der Waals surface area (Å²) in [6, 6.07) is 0. The monoisotopic (exact) mass is 238 g/mol. The summed E-state index contributed by atoms with van der Waals surface area (Å²) in [4.78, 5) is 14.7. The van der Waals surface area contributed by atoms with Crippen LogP contribution in [0.5, 0.6) is 0 Å². The standard InChI is InChI=1S/C11H19BN2O3/c1-10(2)11(3,4)17-12(16-10)8(6-13)9(7-15)14-5/h6-7H,13H2,1-5H3/b8-6+,14-9?. The van der Waals surface area contributed by atoms with Gasteiger partial charge in [-0.15, -0.1) is 0 Å². The summed E-state index contributed by atoms with van der Waals surface area (Å²) in [5.74, 6) is 0. The molecule has 6 heteroatoms. The van der Waals surface area contributed by atoms with Crippen molar-refractivity contribution in [3.8, 4) is 0 Å². The highest BCUT2D eigenvalue weighted by Gasteiger charge is 2.53. The van der Waals surface area contributed by atoms with Gasteiger partial charge < -0.3 is 15.0 Å². The largest absolute Gasteiger partial charge is 0.498 e. The van der Waals surface area contributed by atoms with E-state index >= 15 is 0 Å². The lowest BCUT2D eigenvalue weighted by molar-refractivity contribution is -0.102. The van der Waals surface area contributed by atoms with Gasteiger partial charge in [0.2, 0.25) is 0 Å². The molecule has 1 aliphatic rings. The minimum atomic E-state index is -0.658. The number of allylic oxidation sites excluding steroid dienone is 1. The minimum Gasteiger partial charge on any atom is -0.405 e. The zero-order valence-corrected chi connectivity index (χ0v) is 11.0. The molecule has 0 aromatic rings. The summed E-state index contributed by atoms with van der Waals surface area (Å²) in [6.45, 7) is 7.74. The summed E-state index contributed by atoms with van der Waals surface area (Å²) < 4.78 is 11.6. The molecule has 1 heterocycles. The first-order valence-electron chi connectivity index (χ1n) is 5.49. The molecule has 2 N–H and O–H groups in total. The molecule has 0 atom stereocenters. The first kappa shape index (κ1) is 13.9. The molecule has 0 unspecified atom stereocenters. The van der Waals surface area contributed by atoms with E-state index in [1.165, 1.54) is 13.2 Å². The Labute approximate surface area is 102 Å². The van der Waals surface area contributed by atoms with Gasteiger partial charge in [-0.3, -0.25) is 9.79 Å². The Hall–Kier alpha value is -1.14. The molecule has 0 aromatic heterocycles. The van der Waals surface area contributed by atoms with Crippen LogP contribution in [-0.4, -0.2) is 37.4 Å². The number of aliphatic imine (C=N–C) groups is 1. The van der Waals surface area contributed by atoms with E-state index in [0.717, 1.165) is 0 Å². The molecule has 5 nitrogen and oxygen atoms in total. The van der Waals surface area contributed by atoms with Crippen LogP contribution < -0.4 is 5.73 Å². The van der Waals surface area contributed by atoms with Crippen LogP contribution in [0.15, 0.2) is 16.7 Å². The first-order chi connectivity index (χ1) is 7.79. The maximum atomic E-state index is 10.9. The molecule has 0 saturated carbocycles. The molecule has 0 bridgehead atoms. The number of aldehydes is 1.